The molecule has 152 valence electrons. The molecule has 1 aliphatic heterocycles. The Morgan fingerprint density at radius 2 is 1.66 bits per heavy atom. The van der Waals surface area contributed by atoms with E-state index in [1.165, 1.54) is 5.56 Å². The summed E-state index contributed by atoms with van der Waals surface area (Å²) < 4.78 is 16.6. The van der Waals surface area contributed by atoms with Crippen molar-refractivity contribution in [1.82, 2.24) is 9.88 Å². The third kappa shape index (κ3) is 3.93. The smallest absolute Gasteiger partial charge is 0.203 e. The average Bonchev–Trinajstić information content (AvgIpc) is 2.78. The van der Waals surface area contributed by atoms with Gasteiger partial charge in [-0.2, -0.15) is 0 Å². The topological polar surface area (TPSA) is 47.1 Å². The molecule has 1 fully saturated rings. The summed E-state index contributed by atoms with van der Waals surface area (Å²) in [5.41, 5.74) is 1.28. The molecule has 1 saturated heterocycles. The third-order valence-corrected chi connectivity index (χ3v) is 5.46. The SMILES string of the molecule is COc1cc2cc(CN3CCN(c4ccccn4)CC3)ccc2c(OC)c1OC. The molecule has 6 heteroatoms. The van der Waals surface area contributed by atoms with Gasteiger partial charge in [0, 0.05) is 44.3 Å². The van der Waals surface area contributed by atoms with Gasteiger partial charge >= 0.3 is 0 Å². The number of piperazine rings is 1. The maximum Gasteiger partial charge on any atom is 0.203 e. The predicted octanol–water partition coefficient (Wildman–Crippen LogP) is 3.58. The quantitative estimate of drug-likeness (QED) is 0.638. The molecule has 2 aromatic carbocycles. The molecule has 0 aliphatic carbocycles. The number of fused-ring (bicyclic) bond motifs is 1. The van der Waals surface area contributed by atoms with Crippen LogP contribution in [0.1, 0.15) is 5.56 Å². The molecule has 0 amide bonds. The van der Waals surface area contributed by atoms with Crippen LogP contribution >= 0.6 is 0 Å². The lowest BCUT2D eigenvalue weighted by atomic mass is 10.0. The fraction of sp³-hybridized carbons (Fsp3) is 0.348. The second-order valence-electron chi connectivity index (χ2n) is 7.15. The van der Waals surface area contributed by atoms with Gasteiger partial charge in [-0.15, -0.1) is 0 Å². The molecular weight excluding hydrogens is 366 g/mol. The van der Waals surface area contributed by atoms with Crippen LogP contribution in [0.15, 0.2) is 48.7 Å². The lowest BCUT2D eigenvalue weighted by Gasteiger charge is -2.35. The summed E-state index contributed by atoms with van der Waals surface area (Å²) >= 11 is 0. The lowest BCUT2D eigenvalue weighted by molar-refractivity contribution is 0.249. The molecule has 3 aromatic rings. The Labute approximate surface area is 171 Å². The number of hydrogen-bond donors (Lipinski definition) is 0. The Balaban J connectivity index is 1.50. The molecule has 4 rings (SSSR count). The number of nitrogens with zero attached hydrogens (tertiary/aromatic N) is 3. The number of aromatic nitrogens is 1. The van der Waals surface area contributed by atoms with Crippen molar-refractivity contribution >= 4 is 16.6 Å². The number of rotatable bonds is 6. The van der Waals surface area contributed by atoms with Crippen LogP contribution in [0.25, 0.3) is 10.8 Å². The Kier molecular flexibility index (Phi) is 5.71. The van der Waals surface area contributed by atoms with Gasteiger partial charge in [0.15, 0.2) is 11.5 Å². The van der Waals surface area contributed by atoms with Crippen LogP contribution < -0.4 is 19.1 Å². The highest BCUT2D eigenvalue weighted by Gasteiger charge is 2.19. The summed E-state index contributed by atoms with van der Waals surface area (Å²) in [6.45, 7) is 4.93. The van der Waals surface area contributed by atoms with Gasteiger partial charge in [0.05, 0.1) is 21.3 Å². The Hall–Kier alpha value is -2.99. The minimum absolute atomic E-state index is 0.626. The van der Waals surface area contributed by atoms with E-state index in [-0.39, 0.29) is 0 Å². The zero-order valence-corrected chi connectivity index (χ0v) is 17.2. The zero-order chi connectivity index (χ0) is 20.2. The summed E-state index contributed by atoms with van der Waals surface area (Å²) in [5.74, 6) is 3.07. The van der Waals surface area contributed by atoms with Crippen LogP contribution in [0.4, 0.5) is 5.82 Å². The molecule has 0 atom stereocenters. The largest absolute Gasteiger partial charge is 0.493 e. The fourth-order valence-electron chi connectivity index (χ4n) is 3.96. The summed E-state index contributed by atoms with van der Waals surface area (Å²) in [5, 5.41) is 2.11. The van der Waals surface area contributed by atoms with Crippen molar-refractivity contribution in [2.24, 2.45) is 0 Å². The second kappa shape index (κ2) is 8.57. The van der Waals surface area contributed by atoms with Crippen molar-refractivity contribution in [3.05, 3.63) is 54.2 Å². The molecule has 1 aromatic heterocycles. The van der Waals surface area contributed by atoms with Gasteiger partial charge in [0.2, 0.25) is 5.75 Å². The molecule has 0 bridgehead atoms. The highest BCUT2D eigenvalue weighted by molar-refractivity contribution is 5.93. The number of pyridine rings is 1. The number of hydrogen-bond acceptors (Lipinski definition) is 6. The van der Waals surface area contributed by atoms with Gasteiger partial charge in [-0.25, -0.2) is 4.98 Å². The number of methoxy groups -OCH3 is 3. The van der Waals surface area contributed by atoms with Gasteiger partial charge in [-0.05, 0) is 35.2 Å². The molecule has 0 unspecified atom stereocenters. The second-order valence-corrected chi connectivity index (χ2v) is 7.15. The van der Waals surface area contributed by atoms with E-state index in [2.05, 4.69) is 39.0 Å². The van der Waals surface area contributed by atoms with Crippen molar-refractivity contribution < 1.29 is 14.2 Å². The first-order chi connectivity index (χ1) is 14.2. The van der Waals surface area contributed by atoms with E-state index >= 15 is 0 Å². The van der Waals surface area contributed by atoms with E-state index < -0.39 is 0 Å². The van der Waals surface area contributed by atoms with Crippen LogP contribution in [-0.2, 0) is 6.54 Å². The van der Waals surface area contributed by atoms with E-state index in [1.54, 1.807) is 21.3 Å². The minimum atomic E-state index is 0.626. The highest BCUT2D eigenvalue weighted by atomic mass is 16.5. The van der Waals surface area contributed by atoms with E-state index in [0.717, 1.165) is 49.3 Å². The highest BCUT2D eigenvalue weighted by Crippen LogP contribution is 2.43. The fourth-order valence-corrected chi connectivity index (χ4v) is 3.96. The van der Waals surface area contributed by atoms with Crippen LogP contribution in [0, 0.1) is 0 Å². The molecule has 0 spiro atoms. The maximum absolute atomic E-state index is 5.61. The average molecular weight is 393 g/mol. The summed E-state index contributed by atoms with van der Waals surface area (Å²) in [6.07, 6.45) is 1.86. The van der Waals surface area contributed by atoms with Crippen molar-refractivity contribution in [2.75, 3.05) is 52.4 Å². The van der Waals surface area contributed by atoms with E-state index in [1.807, 2.05) is 24.4 Å². The van der Waals surface area contributed by atoms with E-state index in [4.69, 9.17) is 14.2 Å². The first-order valence-electron chi connectivity index (χ1n) is 9.83. The van der Waals surface area contributed by atoms with Gasteiger partial charge in [-0.1, -0.05) is 18.2 Å². The monoisotopic (exact) mass is 393 g/mol. The van der Waals surface area contributed by atoms with Crippen molar-refractivity contribution in [3.8, 4) is 17.2 Å². The van der Waals surface area contributed by atoms with Crippen LogP contribution in [0.5, 0.6) is 17.2 Å². The first-order valence-corrected chi connectivity index (χ1v) is 9.83. The molecule has 0 N–H and O–H groups in total. The predicted molar refractivity (Wildman–Crippen MR) is 115 cm³/mol. The zero-order valence-electron chi connectivity index (χ0n) is 17.2. The maximum atomic E-state index is 5.61. The van der Waals surface area contributed by atoms with Crippen molar-refractivity contribution in [1.29, 1.82) is 0 Å². The Morgan fingerprint density at radius 1 is 0.862 bits per heavy atom. The van der Waals surface area contributed by atoms with Gasteiger partial charge < -0.3 is 19.1 Å². The summed E-state index contributed by atoms with van der Waals surface area (Å²) in [4.78, 5) is 9.30. The summed E-state index contributed by atoms with van der Waals surface area (Å²) in [6, 6.07) is 14.6. The van der Waals surface area contributed by atoms with Gasteiger partial charge in [0.1, 0.15) is 5.82 Å². The molecule has 1 aliphatic rings. The lowest BCUT2D eigenvalue weighted by Crippen LogP contribution is -2.46. The third-order valence-electron chi connectivity index (χ3n) is 5.46. The Bertz CT molecular complexity index is 970. The van der Waals surface area contributed by atoms with E-state index in [0.29, 0.717) is 17.2 Å². The molecule has 0 radical (unpaired) electrons. The standard InChI is InChI=1S/C23H27N3O3/c1-27-20-15-18-14-17(7-8-19(18)22(28-2)23(20)29-3)16-25-10-12-26(13-11-25)21-6-4-5-9-24-21/h4-9,14-15H,10-13,16H2,1-3H3. The summed E-state index contributed by atoms with van der Waals surface area (Å²) in [7, 11) is 4.94. The van der Waals surface area contributed by atoms with Crippen LogP contribution in [0.3, 0.4) is 0 Å². The molecule has 0 saturated carbocycles. The van der Waals surface area contributed by atoms with Crippen molar-refractivity contribution in [2.45, 2.75) is 6.54 Å². The number of ether oxygens (including phenoxy) is 3. The van der Waals surface area contributed by atoms with Crippen LogP contribution in [0.2, 0.25) is 0 Å². The first kappa shape index (κ1) is 19.3. The number of anilines is 1. The van der Waals surface area contributed by atoms with Crippen molar-refractivity contribution in [3.63, 3.8) is 0 Å². The molecule has 29 heavy (non-hydrogen) atoms. The van der Waals surface area contributed by atoms with Crippen LogP contribution in [-0.4, -0.2) is 57.4 Å². The number of benzene rings is 2. The van der Waals surface area contributed by atoms with E-state index in [9.17, 15) is 0 Å². The minimum Gasteiger partial charge on any atom is -0.493 e. The normalized spacial score (nSPS) is 14.8. The molecule has 6 nitrogen and oxygen atoms in total. The van der Waals surface area contributed by atoms with Gasteiger partial charge in [-0.3, -0.25) is 4.90 Å². The Morgan fingerprint density at radius 3 is 2.31 bits per heavy atom. The molecule has 2 heterocycles. The molecular formula is C23H27N3O3. The van der Waals surface area contributed by atoms with Gasteiger partial charge in [0.25, 0.3) is 0 Å².